The lowest BCUT2D eigenvalue weighted by Crippen LogP contribution is -2.26. The monoisotopic (exact) mass is 283 g/mol. The molecule has 0 radical (unpaired) electrons. The number of thiol groups is 1. The van der Waals surface area contributed by atoms with E-state index in [4.69, 9.17) is 11.6 Å². The Morgan fingerprint density at radius 2 is 2.39 bits per heavy atom. The Labute approximate surface area is 113 Å². The molecule has 0 saturated carbocycles. The number of hydrogen-bond donors (Lipinski definition) is 2. The third kappa shape index (κ3) is 1.83. The summed E-state index contributed by atoms with van der Waals surface area (Å²) in [5.41, 5.74) is 1.05. The average Bonchev–Trinajstić information content (AvgIpc) is 2.95. The van der Waals surface area contributed by atoms with Gasteiger partial charge in [0, 0.05) is 13.0 Å². The average molecular weight is 284 g/mol. The number of halogens is 1. The van der Waals surface area contributed by atoms with E-state index in [0.717, 1.165) is 0 Å². The number of rotatable bonds is 2. The van der Waals surface area contributed by atoms with Crippen LogP contribution in [0.5, 0.6) is 0 Å². The number of aromatic nitrogens is 4. The quantitative estimate of drug-likeness (QED) is 0.643. The van der Waals surface area contributed by atoms with Crippen LogP contribution in [0.2, 0.25) is 5.15 Å². The molecule has 0 aromatic carbocycles. The molecule has 1 unspecified atom stereocenters. The Morgan fingerprint density at radius 3 is 3.11 bits per heavy atom. The number of anilines is 1. The summed E-state index contributed by atoms with van der Waals surface area (Å²) in [6, 6.07) is 0. The van der Waals surface area contributed by atoms with E-state index in [0.29, 0.717) is 35.8 Å². The van der Waals surface area contributed by atoms with Crippen molar-refractivity contribution in [3.8, 4) is 0 Å². The molecule has 1 aliphatic heterocycles. The molecule has 2 aromatic rings. The van der Waals surface area contributed by atoms with Crippen LogP contribution in [0.15, 0.2) is 6.33 Å². The highest BCUT2D eigenvalue weighted by Gasteiger charge is 2.31. The predicted molar refractivity (Wildman–Crippen MR) is 71.0 cm³/mol. The van der Waals surface area contributed by atoms with E-state index in [1.54, 1.807) is 4.90 Å². The summed E-state index contributed by atoms with van der Waals surface area (Å²) >= 11 is 10.2. The molecule has 3 heterocycles. The van der Waals surface area contributed by atoms with E-state index in [9.17, 15) is 4.79 Å². The highest BCUT2D eigenvalue weighted by atomic mass is 35.5. The largest absolute Gasteiger partial charge is 0.341 e. The number of fused-ring (bicyclic) bond motifs is 1. The van der Waals surface area contributed by atoms with Gasteiger partial charge in [-0.25, -0.2) is 4.98 Å². The Morgan fingerprint density at radius 1 is 1.56 bits per heavy atom. The van der Waals surface area contributed by atoms with Crippen LogP contribution in [-0.4, -0.2) is 38.1 Å². The summed E-state index contributed by atoms with van der Waals surface area (Å²) in [6.07, 6.45) is 1.97. The molecule has 6 nitrogen and oxygen atoms in total. The molecule has 1 aliphatic rings. The van der Waals surface area contributed by atoms with E-state index in [1.807, 2.05) is 0 Å². The maximum Gasteiger partial charge on any atom is 0.235 e. The lowest BCUT2D eigenvalue weighted by molar-refractivity contribution is -0.117. The summed E-state index contributed by atoms with van der Waals surface area (Å²) in [5, 5.41) is 0.273. The molecular weight excluding hydrogens is 274 g/mol. The lowest BCUT2D eigenvalue weighted by atomic mass is 10.1. The fourth-order valence-corrected chi connectivity index (χ4v) is 2.46. The topological polar surface area (TPSA) is 74.8 Å². The first-order valence-electron chi connectivity index (χ1n) is 5.47. The number of H-pyrrole nitrogens is 1. The van der Waals surface area contributed by atoms with Gasteiger partial charge in [0.2, 0.25) is 11.9 Å². The normalized spacial score (nSPS) is 20.0. The van der Waals surface area contributed by atoms with Gasteiger partial charge in [-0.1, -0.05) is 11.6 Å². The fraction of sp³-hybridized carbons (Fsp3) is 0.400. The Balaban J connectivity index is 2.01. The summed E-state index contributed by atoms with van der Waals surface area (Å²) < 4.78 is 0. The number of aromatic amines is 1. The zero-order valence-corrected chi connectivity index (χ0v) is 10.9. The third-order valence-electron chi connectivity index (χ3n) is 2.93. The summed E-state index contributed by atoms with van der Waals surface area (Å²) in [5.74, 6) is 1.22. The SMILES string of the molecule is O=C1CC(CS)CN1c1nc(Cl)c2[nH]cnc2n1. The molecule has 0 spiro atoms. The van der Waals surface area contributed by atoms with Gasteiger partial charge >= 0.3 is 0 Å². The first-order chi connectivity index (χ1) is 8.69. The second kappa shape index (κ2) is 4.40. The molecule has 2 aromatic heterocycles. The molecule has 94 valence electrons. The van der Waals surface area contributed by atoms with Gasteiger partial charge in [-0.05, 0) is 11.7 Å². The van der Waals surface area contributed by atoms with E-state index >= 15 is 0 Å². The first-order valence-corrected chi connectivity index (χ1v) is 6.48. The molecule has 0 bridgehead atoms. The number of imidazole rings is 1. The molecule has 0 aliphatic carbocycles. The molecule has 3 rings (SSSR count). The summed E-state index contributed by atoms with van der Waals surface area (Å²) in [4.78, 5) is 28.7. The van der Waals surface area contributed by atoms with Crippen LogP contribution in [0, 0.1) is 5.92 Å². The van der Waals surface area contributed by atoms with Gasteiger partial charge in [0.05, 0.1) is 6.33 Å². The molecule has 18 heavy (non-hydrogen) atoms. The zero-order valence-electron chi connectivity index (χ0n) is 9.30. The number of nitrogens with zero attached hydrogens (tertiary/aromatic N) is 4. The van der Waals surface area contributed by atoms with Crippen molar-refractivity contribution in [2.75, 3.05) is 17.2 Å². The minimum Gasteiger partial charge on any atom is -0.341 e. The minimum atomic E-state index is 0.00000220. The van der Waals surface area contributed by atoms with Crippen LogP contribution < -0.4 is 4.90 Å². The minimum absolute atomic E-state index is 0.00000220. The Hall–Kier alpha value is -1.34. The second-order valence-electron chi connectivity index (χ2n) is 4.17. The van der Waals surface area contributed by atoms with Gasteiger partial charge < -0.3 is 4.98 Å². The molecular formula is C10H10ClN5OS. The molecule has 1 amide bonds. The molecule has 8 heteroatoms. The van der Waals surface area contributed by atoms with Gasteiger partial charge in [0.25, 0.3) is 0 Å². The van der Waals surface area contributed by atoms with Gasteiger partial charge in [-0.3, -0.25) is 9.69 Å². The van der Waals surface area contributed by atoms with Crippen molar-refractivity contribution in [1.82, 2.24) is 19.9 Å². The standard InChI is InChI=1S/C10H10ClN5OS/c11-8-7-9(13-4-12-7)15-10(14-8)16-2-5(3-18)1-6(16)17/h4-5,18H,1-3H2,(H,12,13,14,15). The van der Waals surface area contributed by atoms with Crippen LogP contribution >= 0.6 is 24.2 Å². The number of hydrogen-bond acceptors (Lipinski definition) is 5. The maximum absolute atomic E-state index is 11.9. The number of nitrogens with one attached hydrogen (secondary N) is 1. The maximum atomic E-state index is 11.9. The molecule has 1 fully saturated rings. The Kier molecular flexibility index (Phi) is 2.87. The van der Waals surface area contributed by atoms with E-state index < -0.39 is 0 Å². The van der Waals surface area contributed by atoms with Crippen LogP contribution in [0.1, 0.15) is 6.42 Å². The smallest absolute Gasteiger partial charge is 0.235 e. The van der Waals surface area contributed by atoms with E-state index in [2.05, 4.69) is 32.6 Å². The zero-order chi connectivity index (χ0) is 12.7. The van der Waals surface area contributed by atoms with Crippen LogP contribution in [-0.2, 0) is 4.79 Å². The van der Waals surface area contributed by atoms with Crippen LogP contribution in [0.3, 0.4) is 0 Å². The summed E-state index contributed by atoms with van der Waals surface area (Å²) in [6.45, 7) is 0.578. The lowest BCUT2D eigenvalue weighted by Gasteiger charge is -2.13. The van der Waals surface area contributed by atoms with Crippen LogP contribution in [0.25, 0.3) is 11.2 Å². The van der Waals surface area contributed by atoms with Crippen molar-refractivity contribution in [2.45, 2.75) is 6.42 Å². The van der Waals surface area contributed by atoms with Crippen molar-refractivity contribution in [1.29, 1.82) is 0 Å². The van der Waals surface area contributed by atoms with E-state index in [1.165, 1.54) is 6.33 Å². The third-order valence-corrected chi connectivity index (χ3v) is 3.72. The van der Waals surface area contributed by atoms with Gasteiger partial charge in [0.15, 0.2) is 10.8 Å². The van der Waals surface area contributed by atoms with Crippen molar-refractivity contribution in [3.63, 3.8) is 0 Å². The molecule has 1 atom stereocenters. The van der Waals surface area contributed by atoms with Crippen molar-refractivity contribution >= 4 is 47.2 Å². The highest BCUT2D eigenvalue weighted by Crippen LogP contribution is 2.26. The van der Waals surface area contributed by atoms with Gasteiger partial charge in [-0.2, -0.15) is 22.6 Å². The van der Waals surface area contributed by atoms with E-state index in [-0.39, 0.29) is 17.0 Å². The number of amides is 1. The number of carbonyl (C=O) groups is 1. The van der Waals surface area contributed by atoms with Gasteiger partial charge in [0.1, 0.15) is 5.52 Å². The van der Waals surface area contributed by atoms with Crippen LogP contribution in [0.4, 0.5) is 5.95 Å². The van der Waals surface area contributed by atoms with Crippen molar-refractivity contribution in [2.24, 2.45) is 5.92 Å². The second-order valence-corrected chi connectivity index (χ2v) is 4.90. The highest BCUT2D eigenvalue weighted by molar-refractivity contribution is 7.80. The van der Waals surface area contributed by atoms with Crippen molar-refractivity contribution in [3.05, 3.63) is 11.5 Å². The molecule has 1 saturated heterocycles. The van der Waals surface area contributed by atoms with Gasteiger partial charge in [-0.15, -0.1) is 0 Å². The summed E-state index contributed by atoms with van der Waals surface area (Å²) in [7, 11) is 0. The fourth-order valence-electron chi connectivity index (χ4n) is 2.00. The van der Waals surface area contributed by atoms with Crippen molar-refractivity contribution < 1.29 is 4.79 Å². The Bertz CT molecular complexity index is 615. The molecule has 1 N–H and O–H groups in total. The number of carbonyl (C=O) groups excluding carboxylic acids is 1. The first kappa shape index (κ1) is 11.7. The predicted octanol–water partition coefficient (Wildman–Crippen LogP) is 1.29.